The molecule has 0 aromatic heterocycles. The lowest BCUT2D eigenvalue weighted by Crippen LogP contribution is -2.38. The van der Waals surface area contributed by atoms with Crippen LogP contribution >= 0.6 is 0 Å². The molecule has 6 heteroatoms. The van der Waals surface area contributed by atoms with Crippen LogP contribution in [-0.2, 0) is 12.7 Å². The highest BCUT2D eigenvalue weighted by Crippen LogP contribution is 2.29. The largest absolute Gasteiger partial charge is 0.510 e. The Morgan fingerprint density at radius 1 is 1.36 bits per heavy atom. The number of allylic oxidation sites excluding steroid dienone is 2. The number of halogens is 3. The van der Waals surface area contributed by atoms with Crippen molar-refractivity contribution in [2.24, 2.45) is 0 Å². The summed E-state index contributed by atoms with van der Waals surface area (Å²) in [5.74, 6) is 2.83. The predicted molar refractivity (Wildman–Crippen MR) is 91.6 cm³/mol. The predicted octanol–water partition coefficient (Wildman–Crippen LogP) is 3.80. The van der Waals surface area contributed by atoms with E-state index in [1.807, 2.05) is 22.9 Å². The maximum Gasteiger partial charge on any atom is 0.416 e. The molecule has 0 bridgehead atoms. The van der Waals surface area contributed by atoms with Gasteiger partial charge < -0.3 is 10.0 Å². The number of benzene rings is 1. The molecule has 0 aliphatic carbocycles. The molecular weight excluding hydrogens is 329 g/mol. The van der Waals surface area contributed by atoms with Crippen LogP contribution in [0.1, 0.15) is 18.1 Å². The van der Waals surface area contributed by atoms with Crippen LogP contribution in [0.3, 0.4) is 0 Å². The van der Waals surface area contributed by atoms with Crippen LogP contribution in [0.2, 0.25) is 0 Å². The minimum atomic E-state index is -4.36. The van der Waals surface area contributed by atoms with E-state index in [4.69, 9.17) is 6.42 Å². The fourth-order valence-corrected chi connectivity index (χ4v) is 2.66. The molecule has 0 fully saturated rings. The molecular formula is C19H21F3N2O. The molecule has 1 aliphatic rings. The quantitative estimate of drug-likeness (QED) is 0.791. The highest BCUT2D eigenvalue weighted by Gasteiger charge is 2.30. The van der Waals surface area contributed by atoms with Gasteiger partial charge in [0.25, 0.3) is 0 Å². The van der Waals surface area contributed by atoms with E-state index in [0.717, 1.165) is 12.1 Å². The average molecular weight is 350 g/mol. The van der Waals surface area contributed by atoms with E-state index in [1.165, 1.54) is 6.07 Å². The van der Waals surface area contributed by atoms with Crippen molar-refractivity contribution < 1.29 is 18.3 Å². The number of hydrogen-bond acceptors (Lipinski definition) is 3. The van der Waals surface area contributed by atoms with Gasteiger partial charge in [-0.05, 0) is 36.9 Å². The third-order valence-corrected chi connectivity index (χ3v) is 4.12. The molecule has 1 N–H and O–H groups in total. The minimum absolute atomic E-state index is 0.133. The Labute approximate surface area is 146 Å². The molecule has 1 aliphatic heterocycles. The van der Waals surface area contributed by atoms with E-state index in [0.29, 0.717) is 31.7 Å². The summed E-state index contributed by atoms with van der Waals surface area (Å²) in [5.41, 5.74) is -0.0941. The first-order valence-electron chi connectivity index (χ1n) is 7.96. The Kier molecular flexibility index (Phi) is 6.16. The van der Waals surface area contributed by atoms with Gasteiger partial charge in [0.15, 0.2) is 0 Å². The molecule has 0 saturated carbocycles. The van der Waals surface area contributed by atoms with Crippen LogP contribution in [0.25, 0.3) is 0 Å². The molecule has 1 heterocycles. The number of terminal acetylenes is 1. The highest BCUT2D eigenvalue weighted by molar-refractivity contribution is 5.25. The van der Waals surface area contributed by atoms with Crippen LogP contribution in [0.15, 0.2) is 48.4 Å². The summed E-state index contributed by atoms with van der Waals surface area (Å²) >= 11 is 0. The Balaban J connectivity index is 2.01. The van der Waals surface area contributed by atoms with E-state index in [-0.39, 0.29) is 11.8 Å². The first kappa shape index (κ1) is 18.9. The van der Waals surface area contributed by atoms with Crippen molar-refractivity contribution in [2.45, 2.75) is 25.7 Å². The minimum Gasteiger partial charge on any atom is -0.510 e. The van der Waals surface area contributed by atoms with Crippen LogP contribution in [0, 0.1) is 12.3 Å². The lowest BCUT2D eigenvalue weighted by molar-refractivity contribution is -0.137. The molecule has 0 saturated heterocycles. The van der Waals surface area contributed by atoms with Gasteiger partial charge >= 0.3 is 6.18 Å². The molecule has 0 amide bonds. The SMILES string of the molecule is C#CCN(CCN1C=CC=C(O)C1C)Cc1cccc(C(F)(F)F)c1. The van der Waals surface area contributed by atoms with Gasteiger partial charge in [-0.25, -0.2) is 0 Å². The number of hydrogen-bond donors (Lipinski definition) is 1. The Morgan fingerprint density at radius 3 is 2.80 bits per heavy atom. The van der Waals surface area contributed by atoms with Gasteiger partial charge in [0.05, 0.1) is 18.2 Å². The number of aliphatic hydroxyl groups excluding tert-OH is 1. The van der Waals surface area contributed by atoms with Gasteiger partial charge in [-0.15, -0.1) is 6.42 Å². The lowest BCUT2D eigenvalue weighted by atomic mass is 10.1. The fraction of sp³-hybridized carbons (Fsp3) is 0.368. The van der Waals surface area contributed by atoms with Gasteiger partial charge in [0, 0.05) is 19.6 Å². The van der Waals surface area contributed by atoms with Gasteiger partial charge in [0.2, 0.25) is 0 Å². The van der Waals surface area contributed by atoms with Crippen molar-refractivity contribution in [3.05, 3.63) is 59.5 Å². The van der Waals surface area contributed by atoms with Crippen LogP contribution in [-0.4, -0.2) is 40.6 Å². The maximum absolute atomic E-state index is 12.8. The van der Waals surface area contributed by atoms with E-state index in [2.05, 4.69) is 5.92 Å². The molecule has 1 aromatic rings. The van der Waals surface area contributed by atoms with Crippen molar-refractivity contribution in [3.8, 4) is 12.3 Å². The van der Waals surface area contributed by atoms with Crippen molar-refractivity contribution in [1.29, 1.82) is 0 Å². The number of nitrogens with zero attached hydrogens (tertiary/aromatic N) is 2. The fourth-order valence-electron chi connectivity index (χ4n) is 2.66. The van der Waals surface area contributed by atoms with Gasteiger partial charge in [-0.3, -0.25) is 4.90 Å². The van der Waals surface area contributed by atoms with Crippen LogP contribution in [0.5, 0.6) is 0 Å². The summed E-state index contributed by atoms with van der Waals surface area (Å²) in [4.78, 5) is 3.87. The second-order valence-corrected chi connectivity index (χ2v) is 5.96. The zero-order valence-corrected chi connectivity index (χ0v) is 14.0. The summed E-state index contributed by atoms with van der Waals surface area (Å²) < 4.78 is 38.5. The standard InChI is InChI=1S/C19H21F3N2O/c1-3-9-23(11-12-24-10-5-8-18(25)15(24)2)14-16-6-4-7-17(13-16)19(20,21)22/h1,4-8,10,13,15,25H,9,11-12,14H2,2H3. The number of alkyl halides is 3. The summed E-state index contributed by atoms with van der Waals surface area (Å²) in [5, 5.41) is 9.77. The maximum atomic E-state index is 12.8. The summed E-state index contributed by atoms with van der Waals surface area (Å²) in [6.07, 6.45) is 6.31. The second-order valence-electron chi connectivity index (χ2n) is 5.96. The Hall–Kier alpha value is -2.39. The van der Waals surface area contributed by atoms with Crippen LogP contribution < -0.4 is 0 Å². The van der Waals surface area contributed by atoms with Gasteiger partial charge in [-0.1, -0.05) is 24.1 Å². The summed E-state index contributed by atoms with van der Waals surface area (Å²) in [7, 11) is 0. The second kappa shape index (κ2) is 8.13. The number of aliphatic hydroxyl groups is 1. The van der Waals surface area contributed by atoms with E-state index >= 15 is 0 Å². The molecule has 1 atom stereocenters. The van der Waals surface area contributed by atoms with E-state index < -0.39 is 11.7 Å². The molecule has 1 aromatic carbocycles. The highest BCUT2D eigenvalue weighted by atomic mass is 19.4. The summed E-state index contributed by atoms with van der Waals surface area (Å²) in [6, 6.07) is 5.15. The molecule has 134 valence electrons. The van der Waals surface area contributed by atoms with E-state index in [9.17, 15) is 18.3 Å². The molecule has 2 rings (SSSR count). The molecule has 3 nitrogen and oxygen atoms in total. The lowest BCUT2D eigenvalue weighted by Gasteiger charge is -2.31. The monoisotopic (exact) mass is 350 g/mol. The Morgan fingerprint density at radius 2 is 2.12 bits per heavy atom. The normalized spacial score (nSPS) is 17.5. The van der Waals surface area contributed by atoms with E-state index in [1.54, 1.807) is 18.2 Å². The van der Waals surface area contributed by atoms with Crippen molar-refractivity contribution >= 4 is 0 Å². The van der Waals surface area contributed by atoms with Crippen molar-refractivity contribution in [2.75, 3.05) is 19.6 Å². The first-order chi connectivity index (χ1) is 11.8. The van der Waals surface area contributed by atoms with Crippen molar-refractivity contribution in [3.63, 3.8) is 0 Å². The zero-order chi connectivity index (χ0) is 18.4. The smallest absolute Gasteiger partial charge is 0.416 e. The molecule has 25 heavy (non-hydrogen) atoms. The molecule has 1 unspecified atom stereocenters. The molecule has 0 radical (unpaired) electrons. The third kappa shape index (κ3) is 5.30. The molecule has 0 spiro atoms. The first-order valence-corrected chi connectivity index (χ1v) is 7.96. The topological polar surface area (TPSA) is 26.7 Å². The average Bonchev–Trinajstić information content (AvgIpc) is 2.56. The van der Waals surface area contributed by atoms with Gasteiger partial charge in [-0.2, -0.15) is 13.2 Å². The summed E-state index contributed by atoms with van der Waals surface area (Å²) in [6.45, 7) is 3.73. The third-order valence-electron chi connectivity index (χ3n) is 4.12. The van der Waals surface area contributed by atoms with Gasteiger partial charge in [0.1, 0.15) is 5.76 Å². The number of rotatable bonds is 6. The Bertz CT molecular complexity index is 689. The van der Waals surface area contributed by atoms with Crippen molar-refractivity contribution in [1.82, 2.24) is 9.80 Å². The zero-order valence-electron chi connectivity index (χ0n) is 14.0. The van der Waals surface area contributed by atoms with Crippen LogP contribution in [0.4, 0.5) is 13.2 Å².